The van der Waals surface area contributed by atoms with E-state index in [0.29, 0.717) is 0 Å². The van der Waals surface area contributed by atoms with Gasteiger partial charge in [0.1, 0.15) is 5.75 Å². The first-order chi connectivity index (χ1) is 8.11. The Kier molecular flexibility index (Phi) is 5.45. The first-order valence-electron chi connectivity index (χ1n) is 5.42. The predicted molar refractivity (Wildman–Crippen MR) is 75.1 cm³/mol. The number of carboxylic acids is 1. The van der Waals surface area contributed by atoms with E-state index >= 15 is 0 Å². The molecule has 0 aliphatic heterocycles. The maximum atomic E-state index is 10.9. The molecule has 0 aliphatic carbocycles. The zero-order valence-corrected chi connectivity index (χ0v) is 9.81. The van der Waals surface area contributed by atoms with Crippen LogP contribution in [0.5, 0.6) is 5.75 Å². The molecule has 1 N–H and O–H groups in total. The summed E-state index contributed by atoms with van der Waals surface area (Å²) in [5.74, 6) is -0.490. The molecule has 1 atom stereocenters. The fourth-order valence-electron chi connectivity index (χ4n) is 1.78. The van der Waals surface area contributed by atoms with Crippen molar-refractivity contribution in [2.75, 3.05) is 7.11 Å². The number of ether oxygens (including phenoxy) is 1. The Balaban J connectivity index is 0.00000162. The molecule has 0 bridgehead atoms. The maximum absolute atomic E-state index is 10.9. The Morgan fingerprint density at radius 2 is 1.78 bits per heavy atom. The van der Waals surface area contributed by atoms with E-state index in [1.807, 2.05) is 36.4 Å². The van der Waals surface area contributed by atoms with E-state index in [-0.39, 0.29) is 37.7 Å². The molecule has 0 heterocycles. The van der Waals surface area contributed by atoms with E-state index in [2.05, 4.69) is 0 Å². The molecule has 0 spiro atoms. The van der Waals surface area contributed by atoms with Crippen molar-refractivity contribution in [1.82, 2.24) is 0 Å². The van der Waals surface area contributed by atoms with E-state index in [1.54, 1.807) is 14.0 Å². The number of carbonyl (C=O) groups is 1. The molecule has 0 saturated heterocycles. The Morgan fingerprint density at radius 1 is 1.17 bits per heavy atom. The predicted octanol–water partition coefficient (Wildman–Crippen LogP) is 2.12. The molecular weight excluding hydrogens is 256 g/mol. The van der Waals surface area contributed by atoms with Gasteiger partial charge in [0, 0.05) is 0 Å². The molecule has 3 nitrogen and oxygen atoms in total. The van der Waals surface area contributed by atoms with E-state index < -0.39 is 11.9 Å². The number of fused-ring (bicyclic) bond motifs is 1. The first kappa shape index (κ1) is 15.3. The van der Waals surface area contributed by atoms with Crippen molar-refractivity contribution in [3.05, 3.63) is 42.0 Å². The van der Waals surface area contributed by atoms with Crippen molar-refractivity contribution in [3.8, 4) is 5.75 Å². The molecule has 1 unspecified atom stereocenters. The summed E-state index contributed by atoms with van der Waals surface area (Å²) < 4.78 is 5.14. The average molecular weight is 272 g/mol. The van der Waals surface area contributed by atoms with Crippen molar-refractivity contribution < 1.29 is 14.6 Å². The fourth-order valence-corrected chi connectivity index (χ4v) is 1.78. The van der Waals surface area contributed by atoms with Gasteiger partial charge in [-0.2, -0.15) is 0 Å². The molecule has 2 aromatic rings. The molecule has 2 rings (SSSR count). The standard InChI is InChI=1S/C14H14O3.Ca.2H/c1-9(14(15)16)10-3-4-12-8-13(17-2)6-5-11(12)7-10;;;/h3-9H,1-2H3,(H,15,16);;;. The van der Waals surface area contributed by atoms with Crippen LogP contribution in [0.15, 0.2) is 36.4 Å². The van der Waals surface area contributed by atoms with Crippen LogP contribution in [-0.4, -0.2) is 55.9 Å². The second kappa shape index (κ2) is 6.41. The van der Waals surface area contributed by atoms with E-state index in [4.69, 9.17) is 9.84 Å². The summed E-state index contributed by atoms with van der Waals surface area (Å²) in [6, 6.07) is 11.4. The van der Waals surface area contributed by atoms with Crippen molar-refractivity contribution in [3.63, 3.8) is 0 Å². The van der Waals surface area contributed by atoms with Gasteiger partial charge in [0.15, 0.2) is 0 Å². The van der Waals surface area contributed by atoms with Gasteiger partial charge in [-0.3, -0.25) is 4.79 Å². The summed E-state index contributed by atoms with van der Waals surface area (Å²) in [7, 11) is 1.63. The van der Waals surface area contributed by atoms with Gasteiger partial charge < -0.3 is 9.84 Å². The Bertz CT molecular complexity index is 566. The zero-order chi connectivity index (χ0) is 12.4. The van der Waals surface area contributed by atoms with Crippen LogP contribution in [0.1, 0.15) is 18.4 Å². The number of hydrogen-bond acceptors (Lipinski definition) is 2. The molecule has 4 heteroatoms. The third-order valence-corrected chi connectivity index (χ3v) is 2.94. The van der Waals surface area contributed by atoms with Gasteiger partial charge in [-0.25, -0.2) is 0 Å². The van der Waals surface area contributed by atoms with Crippen LogP contribution in [0.4, 0.5) is 0 Å². The molecule has 0 fully saturated rings. The Labute approximate surface area is 136 Å². The second-order valence-corrected chi connectivity index (χ2v) is 4.03. The molecule has 18 heavy (non-hydrogen) atoms. The summed E-state index contributed by atoms with van der Waals surface area (Å²) in [6.45, 7) is 1.69. The van der Waals surface area contributed by atoms with Crippen molar-refractivity contribution in [2.24, 2.45) is 0 Å². The van der Waals surface area contributed by atoms with Crippen LogP contribution in [0, 0.1) is 0 Å². The molecule has 0 saturated carbocycles. The minimum absolute atomic E-state index is 0. The van der Waals surface area contributed by atoms with Crippen LogP contribution >= 0.6 is 0 Å². The van der Waals surface area contributed by atoms with E-state index in [1.165, 1.54) is 0 Å². The molecule has 0 aromatic heterocycles. The van der Waals surface area contributed by atoms with Crippen LogP contribution in [0.25, 0.3) is 10.8 Å². The van der Waals surface area contributed by atoms with Crippen LogP contribution in [-0.2, 0) is 4.79 Å². The molecule has 2 aromatic carbocycles. The summed E-state index contributed by atoms with van der Waals surface area (Å²) >= 11 is 0. The third kappa shape index (κ3) is 3.16. The van der Waals surface area contributed by atoms with Gasteiger partial charge in [0.05, 0.1) is 13.0 Å². The second-order valence-electron chi connectivity index (χ2n) is 4.03. The summed E-state index contributed by atoms with van der Waals surface area (Å²) in [4.78, 5) is 10.9. The van der Waals surface area contributed by atoms with Gasteiger partial charge in [0.25, 0.3) is 0 Å². The van der Waals surface area contributed by atoms with Gasteiger partial charge >= 0.3 is 43.7 Å². The van der Waals surface area contributed by atoms with Gasteiger partial charge in [-0.1, -0.05) is 24.3 Å². The number of carboxylic acid groups (broad SMARTS) is 1. The molecule has 0 amide bonds. The average Bonchev–Trinajstić information content (AvgIpc) is 2.36. The summed E-state index contributed by atoms with van der Waals surface area (Å²) in [5.41, 5.74) is 0.815. The molecule has 92 valence electrons. The number of hydrogen-bond donors (Lipinski definition) is 1. The SMILES string of the molecule is COc1ccc2cc(C(C)C(=O)O)ccc2c1.[CaH2]. The monoisotopic (exact) mass is 272 g/mol. The van der Waals surface area contributed by atoms with Crippen LogP contribution in [0.3, 0.4) is 0 Å². The quantitative estimate of drug-likeness (QED) is 0.871. The van der Waals surface area contributed by atoms with Crippen molar-refractivity contribution >= 4 is 54.5 Å². The normalized spacial score (nSPS) is 11.7. The minimum atomic E-state index is -0.808. The Hall–Kier alpha value is -0.770. The topological polar surface area (TPSA) is 46.5 Å². The number of methoxy groups -OCH3 is 1. The zero-order valence-electron chi connectivity index (χ0n) is 9.81. The number of rotatable bonds is 3. The summed E-state index contributed by atoms with van der Waals surface area (Å²) in [6.07, 6.45) is 0. The third-order valence-electron chi connectivity index (χ3n) is 2.94. The summed E-state index contributed by atoms with van der Waals surface area (Å²) in [5, 5.41) is 11.0. The van der Waals surface area contributed by atoms with E-state index in [0.717, 1.165) is 22.1 Å². The number of aliphatic carboxylic acids is 1. The molecule has 0 aliphatic rings. The van der Waals surface area contributed by atoms with E-state index in [9.17, 15) is 4.79 Å². The van der Waals surface area contributed by atoms with Gasteiger partial charge in [-0.15, -0.1) is 0 Å². The van der Waals surface area contributed by atoms with Gasteiger partial charge in [0.2, 0.25) is 0 Å². The molecule has 0 radical (unpaired) electrons. The van der Waals surface area contributed by atoms with Crippen LogP contribution in [0.2, 0.25) is 0 Å². The van der Waals surface area contributed by atoms with Gasteiger partial charge in [-0.05, 0) is 35.4 Å². The first-order valence-corrected chi connectivity index (χ1v) is 5.42. The van der Waals surface area contributed by atoms with Crippen LogP contribution < -0.4 is 4.74 Å². The Morgan fingerprint density at radius 3 is 2.39 bits per heavy atom. The number of benzene rings is 2. The molecular formula is C14H16CaO3. The van der Waals surface area contributed by atoms with Crippen molar-refractivity contribution in [1.29, 1.82) is 0 Å². The fraction of sp³-hybridized carbons (Fsp3) is 0.214. The van der Waals surface area contributed by atoms with Crippen molar-refractivity contribution in [2.45, 2.75) is 12.8 Å².